The lowest BCUT2D eigenvalue weighted by Gasteiger charge is -2.35. The van der Waals surface area contributed by atoms with E-state index in [1.165, 1.54) is 0 Å². The number of benzene rings is 2. The second kappa shape index (κ2) is 9.41. The maximum absolute atomic E-state index is 14.6. The summed E-state index contributed by atoms with van der Waals surface area (Å²) in [4.78, 5) is 41.5. The highest BCUT2D eigenvalue weighted by atomic mass is 16.6. The summed E-state index contributed by atoms with van der Waals surface area (Å²) >= 11 is 0. The molecular weight excluding hydrogens is 504 g/mol. The van der Waals surface area contributed by atoms with Crippen LogP contribution in [0.3, 0.4) is 0 Å². The lowest BCUT2D eigenvalue weighted by atomic mass is 9.77. The Morgan fingerprint density at radius 1 is 0.925 bits per heavy atom. The predicted octanol–water partition coefficient (Wildman–Crippen LogP) is 6.20. The molecule has 0 N–H and O–H groups in total. The highest BCUT2D eigenvalue weighted by Gasteiger charge is 2.72. The van der Waals surface area contributed by atoms with Crippen LogP contribution < -0.4 is 0 Å². The van der Waals surface area contributed by atoms with E-state index in [-0.39, 0.29) is 35.6 Å². The van der Waals surface area contributed by atoms with Crippen molar-refractivity contribution in [1.82, 2.24) is 0 Å². The SMILES string of the molecule is C/C1=C\[C@@H]2[C@H](CC[C@@]3(C)O[C@@H]3[C@H]3[C@@H](OC(=O)c4ccccc4)[C@@H](C)C[C@]3(OC(=O)c3ccccc3)C1=O)C2(C)C. The Hall–Kier alpha value is -3.25. The maximum atomic E-state index is 14.6. The van der Waals surface area contributed by atoms with Gasteiger partial charge in [-0.25, -0.2) is 9.59 Å². The molecule has 3 fully saturated rings. The van der Waals surface area contributed by atoms with Crippen molar-refractivity contribution in [3.8, 4) is 0 Å². The van der Waals surface area contributed by atoms with Crippen LogP contribution in [0.2, 0.25) is 0 Å². The minimum Gasteiger partial charge on any atom is -0.458 e. The first-order valence-electron chi connectivity index (χ1n) is 14.4. The van der Waals surface area contributed by atoms with E-state index < -0.39 is 35.2 Å². The summed E-state index contributed by atoms with van der Waals surface area (Å²) < 4.78 is 19.0. The number of hydrogen-bond donors (Lipinski definition) is 0. The van der Waals surface area contributed by atoms with Crippen LogP contribution in [0, 0.1) is 29.1 Å². The summed E-state index contributed by atoms with van der Waals surface area (Å²) in [6.45, 7) is 10.4. The van der Waals surface area contributed by atoms with Crippen molar-refractivity contribution in [3.63, 3.8) is 0 Å². The van der Waals surface area contributed by atoms with E-state index in [1.807, 2.05) is 26.0 Å². The molecule has 0 aromatic heterocycles. The van der Waals surface area contributed by atoms with Crippen molar-refractivity contribution in [2.45, 2.75) is 77.3 Å². The molecule has 2 aromatic rings. The monoisotopic (exact) mass is 542 g/mol. The first-order valence-corrected chi connectivity index (χ1v) is 14.4. The van der Waals surface area contributed by atoms with Gasteiger partial charge in [-0.2, -0.15) is 0 Å². The van der Waals surface area contributed by atoms with Crippen LogP contribution in [0.25, 0.3) is 0 Å². The number of carbonyl (C=O) groups excluding carboxylic acids is 3. The van der Waals surface area contributed by atoms with Gasteiger partial charge in [-0.3, -0.25) is 4.79 Å². The maximum Gasteiger partial charge on any atom is 0.339 e. The number of ketones is 1. The summed E-state index contributed by atoms with van der Waals surface area (Å²) in [5.74, 6) is -1.36. The summed E-state index contributed by atoms with van der Waals surface area (Å²) in [5, 5.41) is 0. The molecule has 1 aliphatic heterocycles. The lowest BCUT2D eigenvalue weighted by molar-refractivity contribution is -0.142. The van der Waals surface area contributed by atoms with Crippen LogP contribution >= 0.6 is 0 Å². The van der Waals surface area contributed by atoms with Gasteiger partial charge in [0.25, 0.3) is 0 Å². The number of esters is 2. The lowest BCUT2D eigenvalue weighted by Crippen LogP contribution is -2.52. The van der Waals surface area contributed by atoms with E-state index in [9.17, 15) is 14.4 Å². The zero-order valence-corrected chi connectivity index (χ0v) is 23.9. The minimum atomic E-state index is -1.52. The topological polar surface area (TPSA) is 82.2 Å². The molecule has 6 rings (SSSR count). The van der Waals surface area contributed by atoms with Crippen LogP contribution in [-0.4, -0.2) is 41.1 Å². The van der Waals surface area contributed by atoms with E-state index in [0.717, 1.165) is 12.8 Å². The van der Waals surface area contributed by atoms with Crippen LogP contribution in [0.5, 0.6) is 0 Å². The Balaban J connectivity index is 1.44. The second-order valence-electron chi connectivity index (χ2n) is 13.1. The average molecular weight is 543 g/mol. The van der Waals surface area contributed by atoms with Gasteiger partial charge < -0.3 is 14.2 Å². The number of hydrogen-bond acceptors (Lipinski definition) is 6. The van der Waals surface area contributed by atoms with E-state index in [1.54, 1.807) is 48.5 Å². The van der Waals surface area contributed by atoms with Gasteiger partial charge in [0.05, 0.1) is 28.7 Å². The van der Waals surface area contributed by atoms with Crippen molar-refractivity contribution in [2.24, 2.45) is 29.1 Å². The Morgan fingerprint density at radius 2 is 1.52 bits per heavy atom. The molecule has 0 bridgehead atoms. The third-order valence-corrected chi connectivity index (χ3v) is 10.1. The number of ether oxygens (including phenoxy) is 3. The molecule has 6 nitrogen and oxygen atoms in total. The van der Waals surface area contributed by atoms with Gasteiger partial charge in [0.2, 0.25) is 5.78 Å². The fourth-order valence-electron chi connectivity index (χ4n) is 7.62. The largest absolute Gasteiger partial charge is 0.458 e. The third-order valence-electron chi connectivity index (χ3n) is 10.1. The van der Waals surface area contributed by atoms with Gasteiger partial charge in [0, 0.05) is 6.42 Å². The number of rotatable bonds is 4. The summed E-state index contributed by atoms with van der Waals surface area (Å²) in [5.41, 5.74) is -0.494. The molecule has 4 aliphatic rings. The van der Waals surface area contributed by atoms with Crippen molar-refractivity contribution >= 4 is 17.7 Å². The summed E-state index contributed by atoms with van der Waals surface area (Å²) in [6.07, 6.45) is 3.11. The van der Waals surface area contributed by atoms with Gasteiger partial charge in [-0.15, -0.1) is 0 Å². The zero-order chi connectivity index (χ0) is 28.4. The summed E-state index contributed by atoms with van der Waals surface area (Å²) in [6, 6.07) is 17.6. The standard InChI is InChI=1S/C34H38O6/c1-20-18-25-24(32(25,3)4)16-17-33(5)29(39-33)26-27(38-30(36)22-12-8-6-9-13-22)21(2)19-34(26,28(20)35)40-31(37)23-14-10-7-11-15-23/h6-15,18,21,24-27,29H,16-17,19H2,1-5H3/b20-18+/t21-,24-,25+,26+,27-,29+,33+,34+/m0/s1. The third kappa shape index (κ3) is 4.32. The van der Waals surface area contributed by atoms with Crippen molar-refractivity contribution in [1.29, 1.82) is 0 Å². The normalized spacial score (nSPS) is 38.8. The summed E-state index contributed by atoms with van der Waals surface area (Å²) in [7, 11) is 0. The highest BCUT2D eigenvalue weighted by molar-refractivity contribution is 6.04. The molecule has 0 spiro atoms. The molecule has 210 valence electrons. The minimum absolute atomic E-state index is 0.103. The molecule has 1 saturated heterocycles. The molecule has 2 aromatic carbocycles. The number of epoxide rings is 1. The molecule has 0 amide bonds. The molecule has 40 heavy (non-hydrogen) atoms. The molecule has 6 heteroatoms. The van der Waals surface area contributed by atoms with Crippen molar-refractivity contribution in [3.05, 3.63) is 83.4 Å². The van der Waals surface area contributed by atoms with Crippen molar-refractivity contribution in [2.75, 3.05) is 0 Å². The average Bonchev–Trinajstić information content (AvgIpc) is 3.71. The molecule has 3 aliphatic carbocycles. The van der Waals surface area contributed by atoms with Crippen LogP contribution in [0.15, 0.2) is 72.3 Å². The van der Waals surface area contributed by atoms with Gasteiger partial charge in [0.15, 0.2) is 5.60 Å². The Morgan fingerprint density at radius 3 is 2.15 bits per heavy atom. The van der Waals surface area contributed by atoms with Gasteiger partial charge in [-0.1, -0.05) is 63.2 Å². The van der Waals surface area contributed by atoms with Crippen LogP contribution in [0.1, 0.15) is 74.6 Å². The molecular formula is C34H38O6. The Bertz CT molecular complexity index is 1360. The fraction of sp³-hybridized carbons (Fsp3) is 0.500. The molecule has 2 saturated carbocycles. The van der Waals surface area contributed by atoms with E-state index >= 15 is 0 Å². The van der Waals surface area contributed by atoms with Gasteiger partial charge in [-0.05, 0) is 79.7 Å². The fourth-order valence-corrected chi connectivity index (χ4v) is 7.62. The molecule has 0 unspecified atom stereocenters. The first-order chi connectivity index (χ1) is 19.0. The van der Waals surface area contributed by atoms with E-state index in [2.05, 4.69) is 26.8 Å². The van der Waals surface area contributed by atoms with E-state index in [0.29, 0.717) is 22.6 Å². The van der Waals surface area contributed by atoms with Gasteiger partial charge >= 0.3 is 11.9 Å². The van der Waals surface area contributed by atoms with Crippen molar-refractivity contribution < 1.29 is 28.6 Å². The number of fused-ring (bicyclic) bond motifs is 4. The quantitative estimate of drug-likeness (QED) is 0.338. The van der Waals surface area contributed by atoms with E-state index in [4.69, 9.17) is 14.2 Å². The predicted molar refractivity (Wildman–Crippen MR) is 150 cm³/mol. The number of allylic oxidation sites excluding steroid dienone is 1. The second-order valence-corrected chi connectivity index (χ2v) is 13.1. The number of carbonyl (C=O) groups is 3. The molecule has 1 heterocycles. The Kier molecular flexibility index (Phi) is 6.34. The Labute approximate surface area is 236 Å². The smallest absolute Gasteiger partial charge is 0.339 e. The van der Waals surface area contributed by atoms with Crippen LogP contribution in [-0.2, 0) is 19.0 Å². The molecule has 0 radical (unpaired) electrons. The zero-order valence-electron chi connectivity index (χ0n) is 23.9. The first kappa shape index (κ1) is 26.9. The molecule has 8 atom stereocenters. The highest BCUT2D eigenvalue weighted by Crippen LogP contribution is 2.65. The van der Waals surface area contributed by atoms with Crippen LogP contribution in [0.4, 0.5) is 0 Å². The number of Topliss-reactive ketones (excluding diaryl/α,β-unsaturated/α-hetero) is 1. The van der Waals surface area contributed by atoms with Gasteiger partial charge in [0.1, 0.15) is 6.10 Å².